The highest BCUT2D eigenvalue weighted by Crippen LogP contribution is 2.21. The van der Waals surface area contributed by atoms with Gasteiger partial charge in [-0.25, -0.2) is 4.98 Å². The maximum atomic E-state index is 12.7. The van der Waals surface area contributed by atoms with Crippen LogP contribution in [0, 0.1) is 5.41 Å². The van der Waals surface area contributed by atoms with Gasteiger partial charge in [0.1, 0.15) is 5.78 Å². The largest absolute Gasteiger partial charge is 0.348 e. The molecule has 5 heteroatoms. The molecule has 0 saturated carbocycles. The summed E-state index contributed by atoms with van der Waals surface area (Å²) < 4.78 is 0. The van der Waals surface area contributed by atoms with Crippen molar-refractivity contribution in [3.05, 3.63) is 18.2 Å². The predicted octanol–water partition coefficient (Wildman–Crippen LogP) is 2.28. The van der Waals surface area contributed by atoms with Crippen LogP contribution < -0.4 is 5.32 Å². The van der Waals surface area contributed by atoms with Gasteiger partial charge in [0, 0.05) is 23.7 Å². The lowest BCUT2D eigenvalue weighted by Gasteiger charge is -2.34. The molecule has 21 heavy (non-hydrogen) atoms. The summed E-state index contributed by atoms with van der Waals surface area (Å²) in [4.78, 5) is 31.6. The highest BCUT2D eigenvalue weighted by Gasteiger charge is 2.36. The van der Waals surface area contributed by atoms with Gasteiger partial charge in [0.2, 0.25) is 0 Å². The number of H-pyrrole nitrogens is 1. The van der Waals surface area contributed by atoms with Crippen molar-refractivity contribution < 1.29 is 9.59 Å². The molecular weight excluding hydrogens is 266 g/mol. The number of ketones is 2. The lowest BCUT2D eigenvalue weighted by atomic mass is 9.83. The number of carbonyl (C=O) groups is 2. The van der Waals surface area contributed by atoms with Crippen molar-refractivity contribution in [3.63, 3.8) is 0 Å². The van der Waals surface area contributed by atoms with E-state index in [0.29, 0.717) is 12.8 Å². The summed E-state index contributed by atoms with van der Waals surface area (Å²) in [6.45, 7) is 11.1. The monoisotopic (exact) mass is 293 g/mol. The highest BCUT2D eigenvalue weighted by molar-refractivity contribution is 5.91. The number of imidazole rings is 1. The van der Waals surface area contributed by atoms with Crippen LogP contribution in [0.4, 0.5) is 0 Å². The van der Waals surface area contributed by atoms with E-state index in [2.05, 4.69) is 15.3 Å². The van der Waals surface area contributed by atoms with E-state index in [9.17, 15) is 9.59 Å². The smallest absolute Gasteiger partial charge is 0.155 e. The average Bonchev–Trinajstić information content (AvgIpc) is 2.88. The molecule has 5 nitrogen and oxygen atoms in total. The standard InChI is InChI=1S/C16H27N3O2/c1-7-16(6,11(2)20)19-13(14(21)15(3,4)5)8-12-9-17-10-18-12/h9-10,13,19H,7-8H2,1-6H3,(H,17,18)/t13-,16-/m0/s1. The van der Waals surface area contributed by atoms with Crippen LogP contribution >= 0.6 is 0 Å². The van der Waals surface area contributed by atoms with Gasteiger partial charge < -0.3 is 4.98 Å². The van der Waals surface area contributed by atoms with Gasteiger partial charge in [-0.15, -0.1) is 0 Å². The molecule has 0 fully saturated rings. The van der Waals surface area contributed by atoms with Gasteiger partial charge in [0.05, 0.1) is 17.9 Å². The van der Waals surface area contributed by atoms with Gasteiger partial charge in [-0.05, 0) is 20.3 Å². The van der Waals surface area contributed by atoms with Crippen LogP contribution in [0.15, 0.2) is 12.5 Å². The third-order valence-corrected chi connectivity index (χ3v) is 4.01. The maximum Gasteiger partial charge on any atom is 0.155 e. The normalized spacial score (nSPS) is 16.3. The summed E-state index contributed by atoms with van der Waals surface area (Å²) in [5.41, 5.74) is -0.276. The Bertz CT molecular complexity index is 488. The van der Waals surface area contributed by atoms with Crippen LogP contribution in [0.3, 0.4) is 0 Å². The minimum Gasteiger partial charge on any atom is -0.348 e. The van der Waals surface area contributed by atoms with Crippen molar-refractivity contribution in [1.29, 1.82) is 0 Å². The van der Waals surface area contributed by atoms with E-state index in [0.717, 1.165) is 5.69 Å². The Morgan fingerprint density at radius 2 is 1.95 bits per heavy atom. The Kier molecular flexibility index (Phi) is 5.45. The number of nitrogens with zero attached hydrogens (tertiary/aromatic N) is 1. The molecule has 0 bridgehead atoms. The molecule has 0 aliphatic rings. The molecule has 0 spiro atoms. The Hall–Kier alpha value is -1.49. The summed E-state index contributed by atoms with van der Waals surface area (Å²) in [6, 6.07) is -0.417. The number of nitrogens with one attached hydrogen (secondary N) is 2. The van der Waals surface area contributed by atoms with Crippen LogP contribution in [0.5, 0.6) is 0 Å². The van der Waals surface area contributed by atoms with Crippen molar-refractivity contribution >= 4 is 11.6 Å². The second-order valence-corrected chi connectivity index (χ2v) is 6.83. The Morgan fingerprint density at radius 3 is 2.33 bits per heavy atom. The molecule has 118 valence electrons. The molecule has 0 amide bonds. The zero-order chi connectivity index (χ0) is 16.3. The first kappa shape index (κ1) is 17.6. The minimum absolute atomic E-state index is 0.0429. The molecule has 2 N–H and O–H groups in total. The van der Waals surface area contributed by atoms with Crippen molar-refractivity contribution in [2.24, 2.45) is 5.41 Å². The summed E-state index contributed by atoms with van der Waals surface area (Å²) in [5, 5.41) is 3.28. The molecular formula is C16H27N3O2. The molecule has 0 saturated heterocycles. The zero-order valence-corrected chi connectivity index (χ0v) is 13.9. The molecule has 0 aliphatic heterocycles. The van der Waals surface area contributed by atoms with E-state index in [4.69, 9.17) is 0 Å². The van der Waals surface area contributed by atoms with Crippen molar-refractivity contribution in [2.45, 2.75) is 66.0 Å². The van der Waals surface area contributed by atoms with Crippen LogP contribution in [-0.4, -0.2) is 33.1 Å². The predicted molar refractivity (Wildman–Crippen MR) is 83.1 cm³/mol. The van der Waals surface area contributed by atoms with E-state index in [1.54, 1.807) is 19.4 Å². The van der Waals surface area contributed by atoms with Gasteiger partial charge >= 0.3 is 0 Å². The summed E-state index contributed by atoms with van der Waals surface area (Å²) in [5.74, 6) is 0.138. The fourth-order valence-corrected chi connectivity index (χ4v) is 2.19. The van der Waals surface area contributed by atoms with Gasteiger partial charge in [0.15, 0.2) is 5.78 Å². The lowest BCUT2D eigenvalue weighted by Crippen LogP contribution is -2.57. The van der Waals surface area contributed by atoms with Gasteiger partial charge in [-0.1, -0.05) is 27.7 Å². The van der Waals surface area contributed by atoms with Crippen LogP contribution in [0.1, 0.15) is 53.7 Å². The molecule has 1 heterocycles. The van der Waals surface area contributed by atoms with Gasteiger partial charge in [-0.2, -0.15) is 0 Å². The minimum atomic E-state index is -0.689. The van der Waals surface area contributed by atoms with Gasteiger partial charge in [-0.3, -0.25) is 14.9 Å². The number of hydrogen-bond acceptors (Lipinski definition) is 4. The second-order valence-electron chi connectivity index (χ2n) is 6.83. The number of Topliss-reactive ketones (excluding diaryl/α,β-unsaturated/α-hetero) is 2. The highest BCUT2D eigenvalue weighted by atomic mass is 16.1. The van der Waals surface area contributed by atoms with E-state index in [1.807, 2.05) is 34.6 Å². The zero-order valence-electron chi connectivity index (χ0n) is 13.9. The lowest BCUT2D eigenvalue weighted by molar-refractivity contribution is -0.130. The molecule has 1 rings (SSSR count). The van der Waals surface area contributed by atoms with Crippen LogP contribution in [0.25, 0.3) is 0 Å². The molecule has 1 aromatic heterocycles. The quantitative estimate of drug-likeness (QED) is 0.809. The Balaban J connectivity index is 3.02. The first-order valence-corrected chi connectivity index (χ1v) is 7.40. The Morgan fingerprint density at radius 1 is 1.33 bits per heavy atom. The molecule has 2 atom stereocenters. The first-order valence-electron chi connectivity index (χ1n) is 7.40. The maximum absolute atomic E-state index is 12.7. The third-order valence-electron chi connectivity index (χ3n) is 4.01. The third kappa shape index (κ3) is 4.49. The van der Waals surface area contributed by atoms with Gasteiger partial charge in [0.25, 0.3) is 0 Å². The first-order chi connectivity index (χ1) is 9.60. The van der Waals surface area contributed by atoms with Crippen LogP contribution in [0.2, 0.25) is 0 Å². The summed E-state index contributed by atoms with van der Waals surface area (Å²) >= 11 is 0. The second kappa shape index (κ2) is 6.52. The van der Waals surface area contributed by atoms with Crippen molar-refractivity contribution in [1.82, 2.24) is 15.3 Å². The number of hydrogen-bond donors (Lipinski definition) is 2. The average molecular weight is 293 g/mol. The van der Waals surface area contributed by atoms with Crippen molar-refractivity contribution in [2.75, 3.05) is 0 Å². The Labute approximate surface area is 126 Å². The summed E-state index contributed by atoms with van der Waals surface area (Å²) in [6.07, 6.45) is 4.44. The number of aromatic nitrogens is 2. The van der Waals surface area contributed by atoms with Crippen molar-refractivity contribution in [3.8, 4) is 0 Å². The van der Waals surface area contributed by atoms with E-state index < -0.39 is 17.0 Å². The van der Waals surface area contributed by atoms with Crippen LogP contribution in [-0.2, 0) is 16.0 Å². The van der Waals surface area contributed by atoms with E-state index in [1.165, 1.54) is 0 Å². The molecule has 0 aromatic carbocycles. The fourth-order valence-electron chi connectivity index (χ4n) is 2.19. The fraction of sp³-hybridized carbons (Fsp3) is 0.688. The molecule has 0 radical (unpaired) electrons. The van der Waals surface area contributed by atoms with E-state index >= 15 is 0 Å². The topological polar surface area (TPSA) is 74.8 Å². The molecule has 1 aromatic rings. The summed E-state index contributed by atoms with van der Waals surface area (Å²) in [7, 11) is 0. The molecule has 0 aliphatic carbocycles. The number of rotatable bonds is 7. The molecule has 0 unspecified atom stereocenters. The number of aromatic amines is 1. The van der Waals surface area contributed by atoms with E-state index in [-0.39, 0.29) is 11.6 Å². The number of carbonyl (C=O) groups excluding carboxylic acids is 2. The SMILES string of the molecule is CC[C@](C)(N[C@@H](Cc1cnc[nH]1)C(=O)C(C)(C)C)C(C)=O.